The van der Waals surface area contributed by atoms with Gasteiger partial charge in [-0.2, -0.15) is 0 Å². The molecular formula is C16H32N2O3. The van der Waals surface area contributed by atoms with Gasteiger partial charge in [0.05, 0.1) is 0 Å². The van der Waals surface area contributed by atoms with Gasteiger partial charge in [0.1, 0.15) is 0 Å². The second-order valence-electron chi connectivity index (χ2n) is 6.65. The van der Waals surface area contributed by atoms with Crippen molar-refractivity contribution >= 4 is 11.9 Å². The molecule has 5 heteroatoms. The Hall–Kier alpha value is -1.10. The number of aliphatic carboxylic acids is 1. The van der Waals surface area contributed by atoms with Gasteiger partial charge >= 0.3 is 5.97 Å². The molecule has 0 bridgehead atoms. The summed E-state index contributed by atoms with van der Waals surface area (Å²) in [4.78, 5) is 22.9. The molecule has 124 valence electrons. The van der Waals surface area contributed by atoms with Gasteiger partial charge < -0.3 is 16.2 Å². The van der Waals surface area contributed by atoms with Crippen LogP contribution in [0.25, 0.3) is 0 Å². The van der Waals surface area contributed by atoms with Gasteiger partial charge in [-0.25, -0.2) is 0 Å². The van der Waals surface area contributed by atoms with E-state index in [2.05, 4.69) is 19.2 Å². The van der Waals surface area contributed by atoms with Crippen LogP contribution >= 0.6 is 0 Å². The Labute approximate surface area is 128 Å². The number of carboxylic acids is 1. The number of nitrogens with two attached hydrogens (primary N) is 1. The van der Waals surface area contributed by atoms with Gasteiger partial charge in [0.25, 0.3) is 0 Å². The number of hydrogen-bond donors (Lipinski definition) is 3. The third kappa shape index (κ3) is 11.3. The summed E-state index contributed by atoms with van der Waals surface area (Å²) in [5.74, 6) is -0.413. The van der Waals surface area contributed by atoms with Crippen molar-refractivity contribution < 1.29 is 14.7 Å². The highest BCUT2D eigenvalue weighted by Crippen LogP contribution is 2.15. The molecular weight excluding hydrogens is 268 g/mol. The Morgan fingerprint density at radius 1 is 1.14 bits per heavy atom. The zero-order chi connectivity index (χ0) is 16.4. The zero-order valence-electron chi connectivity index (χ0n) is 13.9. The van der Waals surface area contributed by atoms with E-state index in [1.807, 2.05) is 13.8 Å². The number of rotatable bonds is 11. The minimum absolute atomic E-state index is 0.00251. The van der Waals surface area contributed by atoms with Crippen LogP contribution in [-0.4, -0.2) is 29.6 Å². The molecule has 0 aromatic rings. The molecule has 0 fully saturated rings. The molecule has 0 aliphatic carbocycles. The summed E-state index contributed by atoms with van der Waals surface area (Å²) in [5, 5.41) is 11.8. The standard InChI is InChI=1S/C16H32N2O3/c1-11(2)8-14(9-15(19)20)10-18-16(21)12(3)6-5-7-13(4)17/h11-14H,5-10,17H2,1-4H3,(H,18,21)(H,19,20)/t12?,13?,14-/m0/s1. The van der Waals surface area contributed by atoms with Crippen LogP contribution in [0.3, 0.4) is 0 Å². The van der Waals surface area contributed by atoms with Crippen LogP contribution in [0.1, 0.15) is 59.8 Å². The Bertz CT molecular complexity index is 317. The van der Waals surface area contributed by atoms with Crippen molar-refractivity contribution in [3.63, 3.8) is 0 Å². The van der Waals surface area contributed by atoms with E-state index in [0.29, 0.717) is 12.5 Å². The minimum Gasteiger partial charge on any atom is -0.481 e. The molecule has 0 saturated heterocycles. The fraction of sp³-hybridized carbons (Fsp3) is 0.875. The number of nitrogens with one attached hydrogen (secondary N) is 1. The van der Waals surface area contributed by atoms with Crippen LogP contribution in [0.15, 0.2) is 0 Å². The van der Waals surface area contributed by atoms with Crippen LogP contribution in [-0.2, 0) is 9.59 Å². The largest absolute Gasteiger partial charge is 0.481 e. The predicted molar refractivity (Wildman–Crippen MR) is 84.9 cm³/mol. The van der Waals surface area contributed by atoms with Crippen LogP contribution in [0, 0.1) is 17.8 Å². The van der Waals surface area contributed by atoms with Crippen molar-refractivity contribution in [3.05, 3.63) is 0 Å². The van der Waals surface area contributed by atoms with E-state index in [9.17, 15) is 9.59 Å². The summed E-state index contributed by atoms with van der Waals surface area (Å²) in [6.07, 6.45) is 3.60. The summed E-state index contributed by atoms with van der Waals surface area (Å²) in [6.45, 7) is 8.44. The number of carbonyl (C=O) groups is 2. The maximum absolute atomic E-state index is 12.0. The molecule has 0 rings (SSSR count). The average molecular weight is 300 g/mol. The van der Waals surface area contributed by atoms with E-state index in [1.165, 1.54) is 0 Å². The molecule has 0 saturated carbocycles. The molecule has 2 unspecified atom stereocenters. The Kier molecular flexibility index (Phi) is 10.0. The molecule has 0 spiro atoms. The molecule has 4 N–H and O–H groups in total. The van der Waals surface area contributed by atoms with Crippen molar-refractivity contribution in [2.75, 3.05) is 6.54 Å². The Balaban J connectivity index is 4.12. The van der Waals surface area contributed by atoms with Gasteiger partial charge in [-0.3, -0.25) is 9.59 Å². The lowest BCUT2D eigenvalue weighted by Crippen LogP contribution is -2.34. The van der Waals surface area contributed by atoms with Crippen LogP contribution in [0.5, 0.6) is 0 Å². The van der Waals surface area contributed by atoms with Gasteiger partial charge in [0.2, 0.25) is 5.91 Å². The molecule has 5 nitrogen and oxygen atoms in total. The smallest absolute Gasteiger partial charge is 0.303 e. The summed E-state index contributed by atoms with van der Waals surface area (Å²) >= 11 is 0. The van der Waals surface area contributed by atoms with E-state index in [-0.39, 0.29) is 30.2 Å². The van der Waals surface area contributed by atoms with Crippen molar-refractivity contribution in [1.29, 1.82) is 0 Å². The SMILES string of the molecule is CC(C)C[C@H](CNC(=O)C(C)CCCC(C)N)CC(=O)O. The molecule has 0 heterocycles. The highest BCUT2D eigenvalue weighted by molar-refractivity contribution is 5.78. The highest BCUT2D eigenvalue weighted by atomic mass is 16.4. The second kappa shape index (κ2) is 10.6. The molecule has 0 aromatic heterocycles. The topological polar surface area (TPSA) is 92.4 Å². The summed E-state index contributed by atoms with van der Waals surface area (Å²) in [7, 11) is 0. The quantitative estimate of drug-likeness (QED) is 0.546. The number of amides is 1. The maximum atomic E-state index is 12.0. The zero-order valence-corrected chi connectivity index (χ0v) is 13.9. The third-order valence-electron chi connectivity index (χ3n) is 3.58. The lowest BCUT2D eigenvalue weighted by Gasteiger charge is -2.19. The van der Waals surface area contributed by atoms with Crippen molar-refractivity contribution in [3.8, 4) is 0 Å². The second-order valence-corrected chi connectivity index (χ2v) is 6.65. The predicted octanol–water partition coefficient (Wildman–Crippen LogP) is 2.39. The lowest BCUT2D eigenvalue weighted by atomic mass is 9.93. The number of hydrogen-bond acceptors (Lipinski definition) is 3. The monoisotopic (exact) mass is 300 g/mol. The first-order valence-electron chi connectivity index (χ1n) is 7.97. The molecule has 0 aliphatic heterocycles. The van der Waals surface area contributed by atoms with Gasteiger partial charge in [-0.1, -0.05) is 27.2 Å². The van der Waals surface area contributed by atoms with E-state index in [0.717, 1.165) is 25.7 Å². The van der Waals surface area contributed by atoms with Crippen LogP contribution in [0.2, 0.25) is 0 Å². The summed E-state index contributed by atoms with van der Waals surface area (Å²) in [5.41, 5.74) is 5.69. The van der Waals surface area contributed by atoms with E-state index < -0.39 is 5.97 Å². The molecule has 0 aromatic carbocycles. The Morgan fingerprint density at radius 3 is 2.24 bits per heavy atom. The Morgan fingerprint density at radius 2 is 1.76 bits per heavy atom. The molecule has 0 radical (unpaired) electrons. The maximum Gasteiger partial charge on any atom is 0.303 e. The third-order valence-corrected chi connectivity index (χ3v) is 3.58. The molecule has 21 heavy (non-hydrogen) atoms. The van der Waals surface area contributed by atoms with Crippen LogP contribution in [0.4, 0.5) is 0 Å². The van der Waals surface area contributed by atoms with E-state index in [1.54, 1.807) is 0 Å². The average Bonchev–Trinajstić information content (AvgIpc) is 2.33. The normalized spacial score (nSPS) is 15.5. The van der Waals surface area contributed by atoms with Crippen molar-refractivity contribution in [2.24, 2.45) is 23.5 Å². The first-order valence-corrected chi connectivity index (χ1v) is 7.97. The number of carboxylic acid groups (broad SMARTS) is 1. The van der Waals surface area contributed by atoms with Gasteiger partial charge in [-0.05, 0) is 38.0 Å². The fourth-order valence-corrected chi connectivity index (χ4v) is 2.45. The first kappa shape index (κ1) is 19.9. The van der Waals surface area contributed by atoms with Crippen LogP contribution < -0.4 is 11.1 Å². The lowest BCUT2D eigenvalue weighted by molar-refractivity contribution is -0.138. The van der Waals surface area contributed by atoms with Crippen molar-refractivity contribution in [1.82, 2.24) is 5.32 Å². The van der Waals surface area contributed by atoms with Gasteiger partial charge in [0.15, 0.2) is 0 Å². The van der Waals surface area contributed by atoms with Crippen molar-refractivity contribution in [2.45, 2.75) is 65.8 Å². The first-order chi connectivity index (χ1) is 9.72. The molecule has 1 amide bonds. The number of carbonyl (C=O) groups excluding carboxylic acids is 1. The van der Waals surface area contributed by atoms with E-state index in [4.69, 9.17) is 10.8 Å². The molecule has 3 atom stereocenters. The van der Waals surface area contributed by atoms with E-state index >= 15 is 0 Å². The molecule has 0 aliphatic rings. The minimum atomic E-state index is -0.806. The summed E-state index contributed by atoms with van der Waals surface area (Å²) < 4.78 is 0. The fourth-order valence-electron chi connectivity index (χ4n) is 2.45. The van der Waals surface area contributed by atoms with Gasteiger partial charge in [-0.15, -0.1) is 0 Å². The van der Waals surface area contributed by atoms with Gasteiger partial charge in [0, 0.05) is 24.9 Å². The summed E-state index contributed by atoms with van der Waals surface area (Å²) in [6, 6.07) is 0.172. The highest BCUT2D eigenvalue weighted by Gasteiger charge is 2.18.